The molecule has 0 unspecified atom stereocenters. The van der Waals surface area contributed by atoms with Gasteiger partial charge in [0.1, 0.15) is 0 Å². The summed E-state index contributed by atoms with van der Waals surface area (Å²) in [7, 11) is 1.37. The Kier molecular flexibility index (Phi) is 4.31. The van der Waals surface area contributed by atoms with Crippen molar-refractivity contribution in [2.24, 2.45) is 0 Å². The van der Waals surface area contributed by atoms with Gasteiger partial charge in [-0.1, -0.05) is 46.8 Å². The summed E-state index contributed by atoms with van der Waals surface area (Å²) in [5.74, 6) is -0.341. The number of halogens is 1. The van der Waals surface area contributed by atoms with Crippen molar-refractivity contribution in [1.29, 1.82) is 0 Å². The van der Waals surface area contributed by atoms with Gasteiger partial charge in [0.05, 0.1) is 12.7 Å². The monoisotopic (exact) mass is 266 g/mol. The van der Waals surface area contributed by atoms with Crippen LogP contribution in [0.4, 0.5) is 0 Å². The molecule has 1 aromatic rings. The average Bonchev–Trinajstić information content (AvgIpc) is 2.28. The molecule has 0 aliphatic carbocycles. The normalized spacial score (nSPS) is 10.9. The number of rotatable bonds is 3. The van der Waals surface area contributed by atoms with Gasteiger partial charge in [-0.15, -0.1) is 0 Å². The van der Waals surface area contributed by atoms with E-state index in [1.807, 2.05) is 18.2 Å². The second kappa shape index (κ2) is 5.51. The predicted molar refractivity (Wildman–Crippen MR) is 64.9 cm³/mol. The topological polar surface area (TPSA) is 26.3 Å². The third-order valence-corrected chi connectivity index (χ3v) is 2.41. The third-order valence-electron chi connectivity index (χ3n) is 1.85. The highest BCUT2D eigenvalue weighted by molar-refractivity contribution is 9.12. The molecule has 15 heavy (non-hydrogen) atoms. The summed E-state index contributed by atoms with van der Waals surface area (Å²) in [5, 5.41) is 0. The van der Waals surface area contributed by atoms with E-state index in [9.17, 15) is 4.79 Å². The van der Waals surface area contributed by atoms with Crippen molar-refractivity contribution in [1.82, 2.24) is 0 Å². The van der Waals surface area contributed by atoms with E-state index in [0.717, 1.165) is 10.0 Å². The van der Waals surface area contributed by atoms with Crippen LogP contribution in [0.25, 0.3) is 6.08 Å². The molecule has 0 saturated heterocycles. The molecule has 0 fully saturated rings. The highest BCUT2D eigenvalue weighted by Gasteiger charge is 2.08. The Morgan fingerprint density at radius 1 is 1.47 bits per heavy atom. The molecule has 0 radical (unpaired) electrons. The first-order valence-electron chi connectivity index (χ1n) is 4.36. The predicted octanol–water partition coefficient (Wildman–Crippen LogP) is 3.40. The van der Waals surface area contributed by atoms with Crippen LogP contribution in [0.1, 0.15) is 15.9 Å². The van der Waals surface area contributed by atoms with Gasteiger partial charge in [0.15, 0.2) is 0 Å². The van der Waals surface area contributed by atoms with Crippen LogP contribution < -0.4 is 0 Å². The van der Waals surface area contributed by atoms with E-state index < -0.39 is 0 Å². The van der Waals surface area contributed by atoms with Crippen molar-refractivity contribution >= 4 is 28.0 Å². The first-order chi connectivity index (χ1) is 7.19. The first kappa shape index (κ1) is 11.7. The van der Waals surface area contributed by atoms with Crippen molar-refractivity contribution in [3.63, 3.8) is 0 Å². The summed E-state index contributed by atoms with van der Waals surface area (Å²) in [5.41, 5.74) is 1.34. The van der Waals surface area contributed by atoms with E-state index in [1.165, 1.54) is 7.11 Å². The minimum Gasteiger partial charge on any atom is -0.465 e. The van der Waals surface area contributed by atoms with Crippen LogP contribution in [0.15, 0.2) is 41.4 Å². The molecule has 78 valence electrons. The zero-order valence-corrected chi connectivity index (χ0v) is 9.95. The summed E-state index contributed by atoms with van der Waals surface area (Å²) >= 11 is 3.31. The van der Waals surface area contributed by atoms with Crippen LogP contribution >= 0.6 is 15.9 Å². The SMILES string of the molecule is C=C/C(Br)=C\c1ccccc1C(=O)OC. The second-order valence-electron chi connectivity index (χ2n) is 2.81. The molecule has 0 spiro atoms. The van der Waals surface area contributed by atoms with Gasteiger partial charge in [0, 0.05) is 4.48 Å². The van der Waals surface area contributed by atoms with E-state index in [2.05, 4.69) is 27.2 Å². The largest absolute Gasteiger partial charge is 0.465 e. The average molecular weight is 267 g/mol. The van der Waals surface area contributed by atoms with E-state index >= 15 is 0 Å². The van der Waals surface area contributed by atoms with Gasteiger partial charge in [-0.05, 0) is 17.7 Å². The van der Waals surface area contributed by atoms with E-state index in [-0.39, 0.29) is 5.97 Å². The number of ether oxygens (including phenoxy) is 1. The first-order valence-corrected chi connectivity index (χ1v) is 5.15. The van der Waals surface area contributed by atoms with Gasteiger partial charge < -0.3 is 4.74 Å². The maximum atomic E-state index is 11.4. The Labute approximate surface area is 97.4 Å². The molecule has 0 amide bonds. The molecule has 0 atom stereocenters. The fraction of sp³-hybridized carbons (Fsp3) is 0.0833. The molecule has 0 bridgehead atoms. The minimum atomic E-state index is -0.341. The number of benzene rings is 1. The standard InChI is InChI=1S/C12H11BrO2/c1-3-10(13)8-9-6-4-5-7-11(9)12(14)15-2/h3-8H,1H2,2H3/b10-8+. The fourth-order valence-electron chi connectivity index (χ4n) is 1.13. The molecular weight excluding hydrogens is 256 g/mol. The van der Waals surface area contributed by atoms with Crippen LogP contribution in [0.2, 0.25) is 0 Å². The number of hydrogen-bond acceptors (Lipinski definition) is 2. The minimum absolute atomic E-state index is 0.341. The van der Waals surface area contributed by atoms with E-state index in [1.54, 1.807) is 18.2 Å². The van der Waals surface area contributed by atoms with Crippen LogP contribution in [-0.4, -0.2) is 13.1 Å². The Bertz CT molecular complexity index is 408. The molecule has 1 aromatic carbocycles. The lowest BCUT2D eigenvalue weighted by Crippen LogP contribution is -2.03. The van der Waals surface area contributed by atoms with E-state index in [0.29, 0.717) is 5.56 Å². The summed E-state index contributed by atoms with van der Waals surface area (Å²) in [6.45, 7) is 3.62. The zero-order valence-electron chi connectivity index (χ0n) is 8.37. The lowest BCUT2D eigenvalue weighted by atomic mass is 10.1. The molecule has 3 heteroatoms. The smallest absolute Gasteiger partial charge is 0.338 e. The molecule has 0 aliphatic rings. The van der Waals surface area contributed by atoms with Crippen molar-refractivity contribution in [2.75, 3.05) is 7.11 Å². The van der Waals surface area contributed by atoms with Crippen molar-refractivity contribution in [3.8, 4) is 0 Å². The maximum absolute atomic E-state index is 11.4. The summed E-state index contributed by atoms with van der Waals surface area (Å²) in [6.07, 6.45) is 3.48. The van der Waals surface area contributed by atoms with Crippen LogP contribution in [-0.2, 0) is 4.74 Å². The number of carbonyl (C=O) groups is 1. The maximum Gasteiger partial charge on any atom is 0.338 e. The molecule has 0 aromatic heterocycles. The molecule has 0 saturated carbocycles. The number of allylic oxidation sites excluding steroid dienone is 2. The lowest BCUT2D eigenvalue weighted by molar-refractivity contribution is 0.0600. The number of methoxy groups -OCH3 is 1. The van der Waals surface area contributed by atoms with Gasteiger partial charge in [-0.3, -0.25) is 0 Å². The second-order valence-corrected chi connectivity index (χ2v) is 3.73. The quantitative estimate of drug-likeness (QED) is 0.619. The number of carbonyl (C=O) groups excluding carboxylic acids is 1. The summed E-state index contributed by atoms with van der Waals surface area (Å²) in [6, 6.07) is 7.23. The van der Waals surface area contributed by atoms with Gasteiger partial charge >= 0.3 is 5.97 Å². The molecule has 1 rings (SSSR count). The van der Waals surface area contributed by atoms with Gasteiger partial charge in [0.2, 0.25) is 0 Å². The molecule has 0 heterocycles. The lowest BCUT2D eigenvalue weighted by Gasteiger charge is -2.03. The Morgan fingerprint density at radius 3 is 2.73 bits per heavy atom. The van der Waals surface area contributed by atoms with Crippen LogP contribution in [0.3, 0.4) is 0 Å². The molecule has 0 aliphatic heterocycles. The van der Waals surface area contributed by atoms with Crippen molar-refractivity contribution < 1.29 is 9.53 Å². The molecular formula is C12H11BrO2. The Balaban J connectivity index is 3.18. The summed E-state index contributed by atoms with van der Waals surface area (Å²) < 4.78 is 5.50. The van der Waals surface area contributed by atoms with Crippen LogP contribution in [0.5, 0.6) is 0 Å². The fourth-order valence-corrected chi connectivity index (χ4v) is 1.37. The zero-order chi connectivity index (χ0) is 11.3. The van der Waals surface area contributed by atoms with Crippen molar-refractivity contribution in [2.45, 2.75) is 0 Å². The molecule has 2 nitrogen and oxygen atoms in total. The number of hydrogen-bond donors (Lipinski definition) is 0. The van der Waals surface area contributed by atoms with Crippen LogP contribution in [0, 0.1) is 0 Å². The van der Waals surface area contributed by atoms with Gasteiger partial charge in [-0.25, -0.2) is 4.79 Å². The van der Waals surface area contributed by atoms with Gasteiger partial charge in [0.25, 0.3) is 0 Å². The van der Waals surface area contributed by atoms with E-state index in [4.69, 9.17) is 0 Å². The molecule has 0 N–H and O–H groups in total. The third kappa shape index (κ3) is 3.06. The van der Waals surface area contributed by atoms with Crippen molar-refractivity contribution in [3.05, 3.63) is 52.5 Å². The van der Waals surface area contributed by atoms with Gasteiger partial charge in [-0.2, -0.15) is 0 Å². The highest BCUT2D eigenvalue weighted by Crippen LogP contribution is 2.17. The number of esters is 1. The Morgan fingerprint density at radius 2 is 2.13 bits per heavy atom. The Hall–Kier alpha value is -1.35. The summed E-state index contributed by atoms with van der Waals surface area (Å²) in [4.78, 5) is 11.4. The highest BCUT2D eigenvalue weighted by atomic mass is 79.9.